The minimum atomic E-state index is 0.663. The highest BCUT2D eigenvalue weighted by molar-refractivity contribution is 5.24. The third kappa shape index (κ3) is 2.68. The molecule has 0 bridgehead atoms. The van der Waals surface area contributed by atoms with E-state index >= 15 is 0 Å². The first kappa shape index (κ1) is 13.7. The van der Waals surface area contributed by atoms with Crippen molar-refractivity contribution in [1.29, 1.82) is 0 Å². The fourth-order valence-electron chi connectivity index (χ4n) is 2.12. The van der Waals surface area contributed by atoms with Crippen LogP contribution in [0, 0.1) is 20.8 Å². The van der Waals surface area contributed by atoms with Gasteiger partial charge in [0.2, 0.25) is 0 Å². The monoisotopic (exact) mass is 262 g/mol. The molecular weight excluding hydrogens is 240 g/mol. The Balaban J connectivity index is 2.24. The van der Waals surface area contributed by atoms with Gasteiger partial charge in [-0.25, -0.2) is 0 Å². The van der Waals surface area contributed by atoms with Crippen molar-refractivity contribution in [1.82, 2.24) is 29.9 Å². The Bertz CT molecular complexity index is 566. The van der Waals surface area contributed by atoms with E-state index in [0.29, 0.717) is 6.54 Å². The van der Waals surface area contributed by atoms with Crippen molar-refractivity contribution in [2.75, 3.05) is 6.54 Å². The molecule has 1 N–H and O–H groups in total. The van der Waals surface area contributed by atoms with E-state index in [1.807, 2.05) is 23.2 Å². The highest BCUT2D eigenvalue weighted by Crippen LogP contribution is 2.14. The van der Waals surface area contributed by atoms with E-state index in [1.54, 1.807) is 0 Å². The van der Waals surface area contributed by atoms with Crippen molar-refractivity contribution in [2.45, 2.75) is 40.8 Å². The second-order valence-electron chi connectivity index (χ2n) is 4.81. The second kappa shape index (κ2) is 5.52. The summed E-state index contributed by atoms with van der Waals surface area (Å²) in [5.74, 6) is 1.85. The molecule has 0 spiro atoms. The minimum Gasteiger partial charge on any atom is -0.317 e. The zero-order valence-electron chi connectivity index (χ0n) is 12.4. The van der Waals surface area contributed by atoms with E-state index in [-0.39, 0.29) is 0 Å². The Kier molecular flexibility index (Phi) is 3.99. The first-order valence-electron chi connectivity index (χ1n) is 6.63. The van der Waals surface area contributed by atoms with Crippen LogP contribution in [-0.2, 0) is 20.1 Å². The molecule has 6 heteroatoms. The van der Waals surface area contributed by atoms with E-state index < -0.39 is 0 Å². The van der Waals surface area contributed by atoms with Gasteiger partial charge in [0.05, 0.1) is 5.69 Å². The predicted molar refractivity (Wildman–Crippen MR) is 73.9 cm³/mol. The van der Waals surface area contributed by atoms with Crippen LogP contribution in [0.5, 0.6) is 0 Å². The Hall–Kier alpha value is -1.69. The first-order valence-corrected chi connectivity index (χ1v) is 6.63. The van der Waals surface area contributed by atoms with Crippen LogP contribution in [0.3, 0.4) is 0 Å². The largest absolute Gasteiger partial charge is 0.317 e. The van der Waals surface area contributed by atoms with Gasteiger partial charge >= 0.3 is 0 Å². The fourth-order valence-corrected chi connectivity index (χ4v) is 2.12. The Labute approximate surface area is 113 Å². The zero-order valence-corrected chi connectivity index (χ0v) is 12.4. The number of aryl methyl sites for hydroxylation is 2. The molecule has 19 heavy (non-hydrogen) atoms. The SMILES string of the molecule is CCNCc1c(C)nn(Cc2nnc(C)n2C)c1C. The number of rotatable bonds is 5. The van der Waals surface area contributed by atoms with Crippen LogP contribution in [0.4, 0.5) is 0 Å². The number of hydrogen-bond donors (Lipinski definition) is 1. The van der Waals surface area contributed by atoms with E-state index in [1.165, 1.54) is 11.3 Å². The number of aromatic nitrogens is 5. The van der Waals surface area contributed by atoms with E-state index in [4.69, 9.17) is 0 Å². The Morgan fingerprint density at radius 3 is 2.47 bits per heavy atom. The number of nitrogens with zero attached hydrogens (tertiary/aromatic N) is 5. The van der Waals surface area contributed by atoms with Crippen LogP contribution >= 0.6 is 0 Å². The molecule has 2 aromatic heterocycles. The van der Waals surface area contributed by atoms with Gasteiger partial charge in [-0.2, -0.15) is 5.10 Å². The van der Waals surface area contributed by atoms with Crippen LogP contribution < -0.4 is 5.32 Å². The summed E-state index contributed by atoms with van der Waals surface area (Å²) in [5, 5.41) is 16.2. The quantitative estimate of drug-likeness (QED) is 0.876. The van der Waals surface area contributed by atoms with Gasteiger partial charge in [0.15, 0.2) is 5.82 Å². The summed E-state index contributed by atoms with van der Waals surface area (Å²) < 4.78 is 4.01. The van der Waals surface area contributed by atoms with Gasteiger partial charge in [-0.3, -0.25) is 4.68 Å². The van der Waals surface area contributed by atoms with Gasteiger partial charge in [0.25, 0.3) is 0 Å². The molecule has 0 atom stereocenters. The lowest BCUT2D eigenvalue weighted by atomic mass is 10.2. The molecule has 0 aliphatic rings. The fraction of sp³-hybridized carbons (Fsp3) is 0.615. The summed E-state index contributed by atoms with van der Waals surface area (Å²) in [7, 11) is 1.98. The molecule has 0 aliphatic heterocycles. The maximum Gasteiger partial charge on any atom is 0.154 e. The maximum atomic E-state index is 4.60. The lowest BCUT2D eigenvalue weighted by Crippen LogP contribution is -2.14. The van der Waals surface area contributed by atoms with Gasteiger partial charge in [-0.15, -0.1) is 10.2 Å². The molecular formula is C13H22N6. The second-order valence-corrected chi connectivity index (χ2v) is 4.81. The molecule has 2 heterocycles. The van der Waals surface area contributed by atoms with Crippen LogP contribution in [0.25, 0.3) is 0 Å². The molecule has 0 amide bonds. The number of hydrogen-bond acceptors (Lipinski definition) is 4. The molecule has 0 aromatic carbocycles. The molecule has 0 fully saturated rings. The van der Waals surface area contributed by atoms with Crippen molar-refractivity contribution in [3.8, 4) is 0 Å². The molecule has 6 nitrogen and oxygen atoms in total. The third-order valence-electron chi connectivity index (χ3n) is 3.56. The average molecular weight is 262 g/mol. The first-order chi connectivity index (χ1) is 9.04. The third-order valence-corrected chi connectivity index (χ3v) is 3.56. The van der Waals surface area contributed by atoms with Crippen LogP contribution in [0.2, 0.25) is 0 Å². The van der Waals surface area contributed by atoms with Crippen molar-refractivity contribution < 1.29 is 0 Å². The van der Waals surface area contributed by atoms with Crippen molar-refractivity contribution >= 4 is 0 Å². The van der Waals surface area contributed by atoms with E-state index in [9.17, 15) is 0 Å². The minimum absolute atomic E-state index is 0.663. The summed E-state index contributed by atoms with van der Waals surface area (Å²) in [6, 6.07) is 0. The van der Waals surface area contributed by atoms with Crippen LogP contribution in [-0.4, -0.2) is 31.1 Å². The summed E-state index contributed by atoms with van der Waals surface area (Å²) in [6.07, 6.45) is 0. The van der Waals surface area contributed by atoms with Crippen LogP contribution in [0.1, 0.15) is 35.5 Å². The summed E-state index contributed by atoms with van der Waals surface area (Å²) in [4.78, 5) is 0. The summed E-state index contributed by atoms with van der Waals surface area (Å²) in [5.41, 5.74) is 3.55. The van der Waals surface area contributed by atoms with E-state index in [2.05, 4.69) is 41.4 Å². The van der Waals surface area contributed by atoms with E-state index in [0.717, 1.165) is 30.4 Å². The molecule has 0 saturated carbocycles. The normalized spacial score (nSPS) is 11.2. The molecule has 0 saturated heterocycles. The van der Waals surface area contributed by atoms with Crippen molar-refractivity contribution in [3.05, 3.63) is 28.6 Å². The number of nitrogens with one attached hydrogen (secondary N) is 1. The smallest absolute Gasteiger partial charge is 0.154 e. The topological polar surface area (TPSA) is 60.6 Å². The zero-order chi connectivity index (χ0) is 14.0. The van der Waals surface area contributed by atoms with Gasteiger partial charge in [-0.05, 0) is 27.3 Å². The van der Waals surface area contributed by atoms with Gasteiger partial charge in [0, 0.05) is 24.8 Å². The summed E-state index contributed by atoms with van der Waals surface area (Å²) in [6.45, 7) is 10.7. The maximum absolute atomic E-state index is 4.60. The molecule has 104 valence electrons. The average Bonchev–Trinajstić information content (AvgIpc) is 2.83. The summed E-state index contributed by atoms with van der Waals surface area (Å²) >= 11 is 0. The molecule has 2 aromatic rings. The molecule has 0 aliphatic carbocycles. The highest BCUT2D eigenvalue weighted by Gasteiger charge is 2.13. The predicted octanol–water partition coefficient (Wildman–Crippen LogP) is 1.09. The Morgan fingerprint density at radius 1 is 1.16 bits per heavy atom. The Morgan fingerprint density at radius 2 is 1.89 bits per heavy atom. The van der Waals surface area contributed by atoms with Crippen LogP contribution in [0.15, 0.2) is 0 Å². The highest BCUT2D eigenvalue weighted by atomic mass is 15.3. The van der Waals surface area contributed by atoms with Gasteiger partial charge in [-0.1, -0.05) is 6.92 Å². The van der Waals surface area contributed by atoms with Gasteiger partial charge < -0.3 is 9.88 Å². The molecule has 0 radical (unpaired) electrons. The lowest BCUT2D eigenvalue weighted by molar-refractivity contribution is 0.607. The van der Waals surface area contributed by atoms with Crippen molar-refractivity contribution in [2.24, 2.45) is 7.05 Å². The van der Waals surface area contributed by atoms with Gasteiger partial charge in [0.1, 0.15) is 12.4 Å². The van der Waals surface area contributed by atoms with Crippen molar-refractivity contribution in [3.63, 3.8) is 0 Å². The standard InChI is InChI=1S/C13H22N6/c1-6-14-7-12-9(2)17-19(10(12)3)8-13-16-15-11(4)18(13)5/h14H,6-8H2,1-5H3. The lowest BCUT2D eigenvalue weighted by Gasteiger charge is -2.06. The molecule has 2 rings (SSSR count). The molecule has 0 unspecified atom stereocenters.